The summed E-state index contributed by atoms with van der Waals surface area (Å²) >= 11 is 0. The summed E-state index contributed by atoms with van der Waals surface area (Å²) in [7, 11) is 0. The smallest absolute Gasteiger partial charge is 0.0469 e. The van der Waals surface area contributed by atoms with Crippen LogP contribution in [0.15, 0.2) is 0 Å². The van der Waals surface area contributed by atoms with Crippen LogP contribution >= 0.6 is 0 Å². The van der Waals surface area contributed by atoms with Gasteiger partial charge in [-0.15, -0.1) is 0 Å². The van der Waals surface area contributed by atoms with E-state index in [-0.39, 0.29) is 0 Å². The van der Waals surface area contributed by atoms with Crippen LogP contribution in [0.3, 0.4) is 0 Å². The summed E-state index contributed by atoms with van der Waals surface area (Å²) in [4.78, 5) is 0. The second kappa shape index (κ2) is 4.63. The largest absolute Gasteiger partial charge is 0.381 e. The molecule has 1 saturated carbocycles. The van der Waals surface area contributed by atoms with Crippen molar-refractivity contribution in [2.45, 2.75) is 39.0 Å². The molecule has 0 bridgehead atoms. The lowest BCUT2D eigenvalue weighted by atomic mass is 9.99. The molecule has 0 aromatic carbocycles. The number of nitrogens with one attached hydrogen (secondary N) is 1. The SMILES string of the molecule is CCC1(CNCC2CCOCC2)CC1. The van der Waals surface area contributed by atoms with Crippen LogP contribution in [0, 0.1) is 11.3 Å². The van der Waals surface area contributed by atoms with E-state index in [2.05, 4.69) is 12.2 Å². The molecular formula is C12H23NO. The van der Waals surface area contributed by atoms with Crippen molar-refractivity contribution in [3.8, 4) is 0 Å². The van der Waals surface area contributed by atoms with Crippen LogP contribution in [-0.2, 0) is 4.74 Å². The molecule has 1 N–H and O–H groups in total. The molecule has 0 unspecified atom stereocenters. The van der Waals surface area contributed by atoms with Crippen LogP contribution in [0.5, 0.6) is 0 Å². The number of hydrogen-bond acceptors (Lipinski definition) is 2. The first-order chi connectivity index (χ1) is 6.85. The van der Waals surface area contributed by atoms with Gasteiger partial charge in [0.2, 0.25) is 0 Å². The van der Waals surface area contributed by atoms with Crippen molar-refractivity contribution in [2.75, 3.05) is 26.3 Å². The van der Waals surface area contributed by atoms with Gasteiger partial charge < -0.3 is 10.1 Å². The Morgan fingerprint density at radius 2 is 2.00 bits per heavy atom. The van der Waals surface area contributed by atoms with E-state index in [0.717, 1.165) is 19.1 Å². The lowest BCUT2D eigenvalue weighted by Gasteiger charge is -2.23. The van der Waals surface area contributed by atoms with Gasteiger partial charge in [-0.25, -0.2) is 0 Å². The van der Waals surface area contributed by atoms with Crippen molar-refractivity contribution < 1.29 is 4.74 Å². The second-order valence-corrected chi connectivity index (χ2v) is 5.04. The summed E-state index contributed by atoms with van der Waals surface area (Å²) in [5.41, 5.74) is 0.700. The molecule has 0 amide bonds. The fourth-order valence-electron chi connectivity index (χ4n) is 2.32. The summed E-state index contributed by atoms with van der Waals surface area (Å²) in [6, 6.07) is 0. The van der Waals surface area contributed by atoms with Crippen LogP contribution in [0.1, 0.15) is 39.0 Å². The number of ether oxygens (including phenoxy) is 1. The van der Waals surface area contributed by atoms with Gasteiger partial charge in [0, 0.05) is 19.8 Å². The van der Waals surface area contributed by atoms with Gasteiger partial charge in [-0.1, -0.05) is 6.92 Å². The van der Waals surface area contributed by atoms with E-state index in [0.29, 0.717) is 5.41 Å². The summed E-state index contributed by atoms with van der Waals surface area (Å²) in [5, 5.41) is 3.65. The van der Waals surface area contributed by atoms with Crippen molar-refractivity contribution in [2.24, 2.45) is 11.3 Å². The molecule has 2 aliphatic rings. The van der Waals surface area contributed by atoms with Gasteiger partial charge in [0.25, 0.3) is 0 Å². The maximum absolute atomic E-state index is 5.35. The summed E-state index contributed by atoms with van der Waals surface area (Å²) in [5.74, 6) is 0.872. The molecule has 2 nitrogen and oxygen atoms in total. The topological polar surface area (TPSA) is 21.3 Å². The monoisotopic (exact) mass is 197 g/mol. The Morgan fingerprint density at radius 3 is 2.57 bits per heavy atom. The van der Waals surface area contributed by atoms with Crippen molar-refractivity contribution in [1.82, 2.24) is 5.32 Å². The summed E-state index contributed by atoms with van der Waals surface area (Å²) in [6.07, 6.45) is 6.76. The highest BCUT2D eigenvalue weighted by Crippen LogP contribution is 2.47. The van der Waals surface area contributed by atoms with Crippen LogP contribution in [-0.4, -0.2) is 26.3 Å². The van der Waals surface area contributed by atoms with Gasteiger partial charge in [-0.3, -0.25) is 0 Å². The van der Waals surface area contributed by atoms with Crippen molar-refractivity contribution >= 4 is 0 Å². The Labute approximate surface area is 87.4 Å². The second-order valence-electron chi connectivity index (χ2n) is 5.04. The molecule has 0 aromatic heterocycles. The Morgan fingerprint density at radius 1 is 1.29 bits per heavy atom. The van der Waals surface area contributed by atoms with Gasteiger partial charge in [0.15, 0.2) is 0 Å². The highest BCUT2D eigenvalue weighted by atomic mass is 16.5. The highest BCUT2D eigenvalue weighted by molar-refractivity contribution is 4.93. The van der Waals surface area contributed by atoms with E-state index in [4.69, 9.17) is 4.74 Å². The minimum Gasteiger partial charge on any atom is -0.381 e. The molecule has 0 spiro atoms. The van der Waals surface area contributed by atoms with Crippen molar-refractivity contribution in [3.63, 3.8) is 0 Å². The molecule has 0 aromatic rings. The molecular weight excluding hydrogens is 174 g/mol. The number of hydrogen-bond donors (Lipinski definition) is 1. The Bertz CT molecular complexity index is 171. The first-order valence-electron chi connectivity index (χ1n) is 6.13. The fraction of sp³-hybridized carbons (Fsp3) is 1.00. The minimum absolute atomic E-state index is 0.700. The first-order valence-corrected chi connectivity index (χ1v) is 6.13. The third-order valence-electron chi connectivity index (χ3n) is 3.98. The third-order valence-corrected chi connectivity index (χ3v) is 3.98. The first kappa shape index (κ1) is 10.4. The minimum atomic E-state index is 0.700. The molecule has 14 heavy (non-hydrogen) atoms. The molecule has 1 aliphatic heterocycles. The third kappa shape index (κ3) is 2.71. The Kier molecular flexibility index (Phi) is 3.45. The zero-order valence-electron chi connectivity index (χ0n) is 9.35. The van der Waals surface area contributed by atoms with E-state index < -0.39 is 0 Å². The van der Waals surface area contributed by atoms with E-state index >= 15 is 0 Å². The zero-order chi connectivity index (χ0) is 9.86. The Hall–Kier alpha value is -0.0800. The molecule has 2 heteroatoms. The Balaban J connectivity index is 1.58. The molecule has 1 aliphatic carbocycles. The average molecular weight is 197 g/mol. The van der Waals surface area contributed by atoms with E-state index in [9.17, 15) is 0 Å². The highest BCUT2D eigenvalue weighted by Gasteiger charge is 2.39. The average Bonchev–Trinajstić information content (AvgIpc) is 3.00. The molecule has 0 atom stereocenters. The van der Waals surface area contributed by atoms with Crippen LogP contribution in [0.25, 0.3) is 0 Å². The fourth-order valence-corrected chi connectivity index (χ4v) is 2.32. The van der Waals surface area contributed by atoms with Crippen molar-refractivity contribution in [3.05, 3.63) is 0 Å². The van der Waals surface area contributed by atoms with Gasteiger partial charge in [0.1, 0.15) is 0 Å². The maximum atomic E-state index is 5.35. The van der Waals surface area contributed by atoms with E-state index in [1.54, 1.807) is 0 Å². The molecule has 2 rings (SSSR count). The standard InChI is InChI=1S/C12H23NO/c1-2-12(5-6-12)10-13-9-11-3-7-14-8-4-11/h11,13H,2-10H2,1H3. The van der Waals surface area contributed by atoms with Gasteiger partial charge >= 0.3 is 0 Å². The summed E-state index contributed by atoms with van der Waals surface area (Å²) < 4.78 is 5.35. The molecule has 0 radical (unpaired) electrons. The van der Waals surface area contributed by atoms with Crippen LogP contribution in [0.2, 0.25) is 0 Å². The summed E-state index contributed by atoms with van der Waals surface area (Å²) in [6.45, 7) is 6.74. The van der Waals surface area contributed by atoms with E-state index in [1.807, 2.05) is 0 Å². The van der Waals surface area contributed by atoms with Gasteiger partial charge in [-0.05, 0) is 50.0 Å². The lowest BCUT2D eigenvalue weighted by Crippen LogP contribution is -2.31. The molecule has 82 valence electrons. The zero-order valence-corrected chi connectivity index (χ0v) is 9.35. The lowest BCUT2D eigenvalue weighted by molar-refractivity contribution is 0.0659. The van der Waals surface area contributed by atoms with Gasteiger partial charge in [-0.2, -0.15) is 0 Å². The molecule has 1 heterocycles. The van der Waals surface area contributed by atoms with Crippen LogP contribution in [0.4, 0.5) is 0 Å². The van der Waals surface area contributed by atoms with Crippen LogP contribution < -0.4 is 5.32 Å². The predicted octanol–water partition coefficient (Wildman–Crippen LogP) is 2.19. The van der Waals surface area contributed by atoms with E-state index in [1.165, 1.54) is 45.2 Å². The van der Waals surface area contributed by atoms with Crippen molar-refractivity contribution in [1.29, 1.82) is 0 Å². The predicted molar refractivity (Wildman–Crippen MR) is 58.4 cm³/mol. The maximum Gasteiger partial charge on any atom is 0.0469 e. The normalized spacial score (nSPS) is 26.4. The molecule has 1 saturated heterocycles. The number of rotatable bonds is 5. The molecule has 2 fully saturated rings. The quantitative estimate of drug-likeness (QED) is 0.729. The van der Waals surface area contributed by atoms with Gasteiger partial charge in [0.05, 0.1) is 0 Å².